The lowest BCUT2D eigenvalue weighted by molar-refractivity contribution is 0.871. The quantitative estimate of drug-likeness (QED) is 0.817. The van der Waals surface area contributed by atoms with Crippen molar-refractivity contribution >= 4 is 44.9 Å². The van der Waals surface area contributed by atoms with Crippen molar-refractivity contribution in [3.8, 4) is 0 Å². The van der Waals surface area contributed by atoms with Crippen molar-refractivity contribution in [2.45, 2.75) is 13.0 Å². The number of nitrogens with zero attached hydrogens (tertiary/aromatic N) is 2. The van der Waals surface area contributed by atoms with Crippen molar-refractivity contribution in [3.63, 3.8) is 0 Å². The lowest BCUT2D eigenvalue weighted by Crippen LogP contribution is -2.08. The molecular weight excluding hydrogens is 337 g/mol. The normalized spacial score (nSPS) is 12.2. The van der Waals surface area contributed by atoms with Crippen LogP contribution in [0.1, 0.15) is 18.5 Å². The first-order valence-electron chi connectivity index (χ1n) is 5.25. The number of rotatable bonds is 3. The minimum Gasteiger partial charge on any atom is -0.363 e. The Kier molecular flexibility index (Phi) is 4.43. The highest BCUT2D eigenvalue weighted by Crippen LogP contribution is 2.28. The van der Waals surface area contributed by atoms with Crippen molar-refractivity contribution in [1.82, 2.24) is 9.97 Å². The number of nitrogens with one attached hydrogen (secondary N) is 1. The van der Waals surface area contributed by atoms with E-state index in [1.165, 1.54) is 6.33 Å². The molecule has 3 nitrogen and oxygen atoms in total. The van der Waals surface area contributed by atoms with Gasteiger partial charge in [0.15, 0.2) is 0 Å². The molecular formula is C12H10BrCl2N3. The SMILES string of the molecule is CC(Nc1cc(Br)ncn1)c1ccc(Cl)cc1Cl. The summed E-state index contributed by atoms with van der Waals surface area (Å²) >= 11 is 15.3. The number of anilines is 1. The molecule has 0 saturated heterocycles. The molecule has 1 aromatic carbocycles. The molecule has 0 aliphatic heterocycles. The maximum atomic E-state index is 6.16. The molecule has 6 heteroatoms. The van der Waals surface area contributed by atoms with Gasteiger partial charge < -0.3 is 5.32 Å². The van der Waals surface area contributed by atoms with Gasteiger partial charge in [-0.2, -0.15) is 0 Å². The van der Waals surface area contributed by atoms with E-state index in [2.05, 4.69) is 31.2 Å². The summed E-state index contributed by atoms with van der Waals surface area (Å²) in [5.74, 6) is 0.732. The first kappa shape index (κ1) is 13.6. The van der Waals surface area contributed by atoms with Crippen LogP contribution in [0.5, 0.6) is 0 Å². The van der Waals surface area contributed by atoms with Crippen LogP contribution in [0, 0.1) is 0 Å². The standard InChI is InChI=1S/C12H10BrCl2N3/c1-7(9-3-2-8(14)4-10(9)15)18-12-5-11(13)16-6-17-12/h2-7H,1H3,(H,16,17,18). The van der Waals surface area contributed by atoms with E-state index in [0.717, 1.165) is 16.0 Å². The zero-order chi connectivity index (χ0) is 13.1. The summed E-state index contributed by atoms with van der Waals surface area (Å²) in [6, 6.07) is 7.28. The second-order valence-corrected chi connectivity index (χ2v) is 5.41. The van der Waals surface area contributed by atoms with E-state index >= 15 is 0 Å². The highest BCUT2D eigenvalue weighted by Gasteiger charge is 2.10. The molecule has 1 N–H and O–H groups in total. The Balaban J connectivity index is 2.19. The number of hydrogen-bond donors (Lipinski definition) is 1. The van der Waals surface area contributed by atoms with E-state index in [1.54, 1.807) is 12.1 Å². The van der Waals surface area contributed by atoms with Gasteiger partial charge in [0.2, 0.25) is 0 Å². The molecule has 0 aliphatic carbocycles. The Morgan fingerprint density at radius 2 is 2.00 bits per heavy atom. The topological polar surface area (TPSA) is 37.8 Å². The lowest BCUT2D eigenvalue weighted by Gasteiger charge is -2.16. The summed E-state index contributed by atoms with van der Waals surface area (Å²) in [6.07, 6.45) is 1.49. The van der Waals surface area contributed by atoms with Crippen molar-refractivity contribution in [3.05, 3.63) is 50.8 Å². The summed E-state index contributed by atoms with van der Waals surface area (Å²) in [5, 5.41) is 4.51. The largest absolute Gasteiger partial charge is 0.363 e. The number of hydrogen-bond acceptors (Lipinski definition) is 3. The van der Waals surface area contributed by atoms with Gasteiger partial charge in [0, 0.05) is 16.1 Å². The van der Waals surface area contributed by atoms with Crippen LogP contribution in [0.25, 0.3) is 0 Å². The molecule has 0 fully saturated rings. The first-order chi connectivity index (χ1) is 8.56. The van der Waals surface area contributed by atoms with Crippen LogP contribution in [0.2, 0.25) is 10.0 Å². The molecule has 0 spiro atoms. The summed E-state index contributed by atoms with van der Waals surface area (Å²) in [7, 11) is 0. The molecule has 18 heavy (non-hydrogen) atoms. The van der Waals surface area contributed by atoms with E-state index in [0.29, 0.717) is 10.0 Å². The highest BCUT2D eigenvalue weighted by molar-refractivity contribution is 9.10. The average Bonchev–Trinajstić information content (AvgIpc) is 2.28. The van der Waals surface area contributed by atoms with E-state index in [9.17, 15) is 0 Å². The third-order valence-corrected chi connectivity index (χ3v) is 3.42. The van der Waals surface area contributed by atoms with Crippen molar-refractivity contribution in [2.24, 2.45) is 0 Å². The number of halogens is 3. The molecule has 2 aromatic rings. The van der Waals surface area contributed by atoms with Gasteiger partial charge in [-0.15, -0.1) is 0 Å². The Hall–Kier alpha value is -0.840. The molecule has 0 radical (unpaired) electrons. The van der Waals surface area contributed by atoms with Gasteiger partial charge in [-0.05, 0) is 40.5 Å². The smallest absolute Gasteiger partial charge is 0.130 e. The van der Waals surface area contributed by atoms with Crippen LogP contribution in [-0.4, -0.2) is 9.97 Å². The number of benzene rings is 1. The molecule has 0 amide bonds. The van der Waals surface area contributed by atoms with Crippen LogP contribution >= 0.6 is 39.1 Å². The first-order valence-corrected chi connectivity index (χ1v) is 6.80. The van der Waals surface area contributed by atoms with Crippen LogP contribution in [0.4, 0.5) is 5.82 Å². The predicted molar refractivity (Wildman–Crippen MR) is 78.2 cm³/mol. The maximum Gasteiger partial charge on any atom is 0.130 e. The third kappa shape index (κ3) is 3.34. The molecule has 0 aliphatic rings. The zero-order valence-corrected chi connectivity index (χ0v) is 12.6. The fourth-order valence-electron chi connectivity index (χ4n) is 1.56. The Bertz CT molecular complexity index is 563. The van der Waals surface area contributed by atoms with Crippen LogP contribution < -0.4 is 5.32 Å². The van der Waals surface area contributed by atoms with Crippen molar-refractivity contribution < 1.29 is 0 Å². The fraction of sp³-hybridized carbons (Fsp3) is 0.167. The van der Waals surface area contributed by atoms with Gasteiger partial charge in [0.25, 0.3) is 0 Å². The van der Waals surface area contributed by atoms with Gasteiger partial charge in [-0.25, -0.2) is 9.97 Å². The minimum absolute atomic E-state index is 0.0246. The molecule has 1 unspecified atom stereocenters. The van der Waals surface area contributed by atoms with Gasteiger partial charge in [-0.1, -0.05) is 29.3 Å². The summed E-state index contributed by atoms with van der Waals surface area (Å²) in [5.41, 5.74) is 0.968. The molecule has 1 atom stereocenters. The van der Waals surface area contributed by atoms with E-state index < -0.39 is 0 Å². The molecule has 2 rings (SSSR count). The van der Waals surface area contributed by atoms with Crippen LogP contribution in [-0.2, 0) is 0 Å². The van der Waals surface area contributed by atoms with E-state index in [1.807, 2.05) is 19.1 Å². The van der Waals surface area contributed by atoms with E-state index in [-0.39, 0.29) is 6.04 Å². The fourth-order valence-corrected chi connectivity index (χ4v) is 2.45. The van der Waals surface area contributed by atoms with E-state index in [4.69, 9.17) is 23.2 Å². The van der Waals surface area contributed by atoms with Crippen molar-refractivity contribution in [1.29, 1.82) is 0 Å². The van der Waals surface area contributed by atoms with Gasteiger partial charge >= 0.3 is 0 Å². The summed E-state index contributed by atoms with van der Waals surface area (Å²) < 4.78 is 0.731. The monoisotopic (exact) mass is 345 g/mol. The molecule has 1 aromatic heterocycles. The maximum absolute atomic E-state index is 6.16. The average molecular weight is 347 g/mol. The second-order valence-electron chi connectivity index (χ2n) is 3.76. The zero-order valence-electron chi connectivity index (χ0n) is 9.49. The summed E-state index contributed by atoms with van der Waals surface area (Å²) in [4.78, 5) is 8.10. The van der Waals surface area contributed by atoms with Gasteiger partial charge in [-0.3, -0.25) is 0 Å². The molecule has 94 valence electrons. The predicted octanol–water partition coefficient (Wildman–Crippen LogP) is 4.72. The molecule has 1 heterocycles. The summed E-state index contributed by atoms with van der Waals surface area (Å²) in [6.45, 7) is 2.01. The van der Waals surface area contributed by atoms with Crippen molar-refractivity contribution in [2.75, 3.05) is 5.32 Å². The molecule has 0 saturated carbocycles. The minimum atomic E-state index is 0.0246. The Labute approximate surface area is 124 Å². The number of aromatic nitrogens is 2. The highest BCUT2D eigenvalue weighted by atomic mass is 79.9. The molecule has 0 bridgehead atoms. The van der Waals surface area contributed by atoms with Crippen LogP contribution in [0.15, 0.2) is 35.2 Å². The second kappa shape index (κ2) is 5.87. The van der Waals surface area contributed by atoms with Crippen LogP contribution in [0.3, 0.4) is 0 Å². The Morgan fingerprint density at radius 3 is 2.67 bits per heavy atom. The Morgan fingerprint density at radius 1 is 1.22 bits per heavy atom. The third-order valence-electron chi connectivity index (χ3n) is 2.43. The van der Waals surface area contributed by atoms with Gasteiger partial charge in [0.05, 0.1) is 6.04 Å². The van der Waals surface area contributed by atoms with Gasteiger partial charge in [0.1, 0.15) is 16.7 Å². The lowest BCUT2D eigenvalue weighted by atomic mass is 10.1.